The highest BCUT2D eigenvalue weighted by Crippen LogP contribution is 2.38. The quantitative estimate of drug-likeness (QED) is 0.251. The van der Waals surface area contributed by atoms with Gasteiger partial charge in [0, 0.05) is 25.8 Å². The van der Waals surface area contributed by atoms with Gasteiger partial charge < -0.3 is 30.6 Å². The average molecular weight is 553 g/mol. The molecule has 1 fully saturated rings. The Kier molecular flexibility index (Phi) is 10.1. The molecule has 218 valence electrons. The van der Waals surface area contributed by atoms with Crippen LogP contribution in [0, 0.1) is 5.92 Å². The molecule has 1 aromatic heterocycles. The smallest absolute Gasteiger partial charge is 0.244 e. The SMILES string of the molecule is CCN(CC)c1cccc2c1N(Cc1ccccn1)C(=O)C(NC(O)[C@@H](CC(C)C)NC(=O)[C@H]1C[C@@H](O)CN1)C2. The van der Waals surface area contributed by atoms with Crippen LogP contribution in [0.1, 0.15) is 51.8 Å². The van der Waals surface area contributed by atoms with E-state index in [4.69, 9.17) is 0 Å². The van der Waals surface area contributed by atoms with Gasteiger partial charge in [-0.3, -0.25) is 19.9 Å². The summed E-state index contributed by atoms with van der Waals surface area (Å²) in [6, 6.07) is 9.96. The Morgan fingerprint density at radius 2 is 1.98 bits per heavy atom. The van der Waals surface area contributed by atoms with Crippen molar-refractivity contribution >= 4 is 23.2 Å². The van der Waals surface area contributed by atoms with Crippen LogP contribution >= 0.6 is 0 Å². The monoisotopic (exact) mass is 552 g/mol. The zero-order chi connectivity index (χ0) is 28.8. The number of para-hydroxylation sites is 1. The van der Waals surface area contributed by atoms with Crippen molar-refractivity contribution in [2.75, 3.05) is 29.4 Å². The molecular weight excluding hydrogens is 508 g/mol. The first kappa shape index (κ1) is 29.9. The fraction of sp³-hybridized carbons (Fsp3) is 0.567. The number of rotatable bonds is 12. The lowest BCUT2D eigenvalue weighted by Crippen LogP contribution is -2.60. The molecule has 2 aliphatic rings. The molecular formula is C30H44N6O4. The first-order valence-corrected chi connectivity index (χ1v) is 14.5. The fourth-order valence-electron chi connectivity index (χ4n) is 5.72. The molecule has 1 saturated heterocycles. The van der Waals surface area contributed by atoms with Crippen LogP contribution in [-0.2, 0) is 22.6 Å². The number of aromatic nitrogens is 1. The topological polar surface area (TPSA) is 130 Å². The van der Waals surface area contributed by atoms with E-state index in [2.05, 4.69) is 45.7 Å². The number of fused-ring (bicyclic) bond motifs is 1. The van der Waals surface area contributed by atoms with Gasteiger partial charge in [0.05, 0.1) is 47.8 Å². The number of β-amino-alcohol motifs (C(OH)–C–C–N with tert-alkyl or cyclic N) is 1. The largest absolute Gasteiger partial charge is 0.392 e. The second-order valence-electron chi connectivity index (χ2n) is 11.2. The summed E-state index contributed by atoms with van der Waals surface area (Å²) in [4.78, 5) is 35.5. The van der Waals surface area contributed by atoms with Crippen LogP contribution in [0.15, 0.2) is 42.6 Å². The highest BCUT2D eigenvalue weighted by Gasteiger charge is 2.38. The lowest BCUT2D eigenvalue weighted by atomic mass is 9.94. The first-order valence-electron chi connectivity index (χ1n) is 14.5. The highest BCUT2D eigenvalue weighted by molar-refractivity contribution is 6.03. The van der Waals surface area contributed by atoms with Crippen molar-refractivity contribution in [2.24, 2.45) is 5.92 Å². The van der Waals surface area contributed by atoms with Gasteiger partial charge in [0.15, 0.2) is 0 Å². The van der Waals surface area contributed by atoms with Crippen LogP contribution < -0.4 is 25.8 Å². The van der Waals surface area contributed by atoms with E-state index in [9.17, 15) is 19.8 Å². The third-order valence-electron chi connectivity index (χ3n) is 7.74. The standard InChI is InChI=1S/C30H44N6O4/c1-5-35(6-2)26-12-9-10-20-15-25(30(40)36(27(20)26)18-21-11-7-8-13-31-21)34-29(39)24(14-19(3)4)33-28(38)23-16-22(37)17-32-23/h7-13,19,22-25,29,32,34,37,39H,5-6,14-18H2,1-4H3,(H,33,38)/t22-,23-,24-,25?,29?/m1/s1. The van der Waals surface area contributed by atoms with Crippen molar-refractivity contribution in [3.8, 4) is 0 Å². The molecule has 10 nitrogen and oxygen atoms in total. The molecule has 1 aromatic carbocycles. The number of aliphatic hydroxyl groups is 2. The Labute approximate surface area is 237 Å². The summed E-state index contributed by atoms with van der Waals surface area (Å²) in [6.07, 6.45) is 1.29. The van der Waals surface area contributed by atoms with Crippen molar-refractivity contribution in [1.29, 1.82) is 0 Å². The third kappa shape index (κ3) is 6.98. The number of anilines is 2. The Morgan fingerprint density at radius 1 is 1.20 bits per heavy atom. The summed E-state index contributed by atoms with van der Waals surface area (Å²) < 4.78 is 0. The van der Waals surface area contributed by atoms with E-state index >= 15 is 0 Å². The van der Waals surface area contributed by atoms with Gasteiger partial charge in [0.25, 0.3) is 0 Å². The predicted octanol–water partition coefficient (Wildman–Crippen LogP) is 1.55. The van der Waals surface area contributed by atoms with Crippen LogP contribution in [0.3, 0.4) is 0 Å². The van der Waals surface area contributed by atoms with Crippen LogP contribution in [0.25, 0.3) is 0 Å². The van der Waals surface area contributed by atoms with Gasteiger partial charge in [-0.05, 0) is 62.8 Å². The summed E-state index contributed by atoms with van der Waals surface area (Å²) in [5, 5.41) is 30.3. The summed E-state index contributed by atoms with van der Waals surface area (Å²) in [6.45, 7) is 10.5. The van der Waals surface area contributed by atoms with Gasteiger partial charge in [-0.2, -0.15) is 0 Å². The Balaban J connectivity index is 1.60. The second kappa shape index (κ2) is 13.5. The van der Waals surface area contributed by atoms with Crippen LogP contribution in [-0.4, -0.2) is 77.1 Å². The maximum Gasteiger partial charge on any atom is 0.244 e. The van der Waals surface area contributed by atoms with E-state index < -0.39 is 30.5 Å². The van der Waals surface area contributed by atoms with Crippen molar-refractivity contribution in [3.05, 3.63) is 53.9 Å². The Hall–Kier alpha value is -3.05. The lowest BCUT2D eigenvalue weighted by Gasteiger charge is -2.39. The number of amides is 2. The third-order valence-corrected chi connectivity index (χ3v) is 7.74. The van der Waals surface area contributed by atoms with Crippen molar-refractivity contribution in [3.63, 3.8) is 0 Å². The summed E-state index contributed by atoms with van der Waals surface area (Å²) in [5.74, 6) is -0.208. The molecule has 0 aliphatic carbocycles. The number of nitrogens with zero attached hydrogens (tertiary/aromatic N) is 3. The number of hydrogen-bond donors (Lipinski definition) is 5. The molecule has 10 heteroatoms. The molecule has 0 bridgehead atoms. The van der Waals surface area contributed by atoms with Crippen LogP contribution in [0.4, 0.5) is 11.4 Å². The number of aliphatic hydroxyl groups excluding tert-OH is 2. The first-order chi connectivity index (χ1) is 19.2. The average Bonchev–Trinajstić information content (AvgIpc) is 3.38. The maximum atomic E-state index is 14.1. The van der Waals surface area contributed by atoms with Gasteiger partial charge in [-0.1, -0.05) is 32.0 Å². The number of nitrogens with one attached hydrogen (secondary N) is 3. The normalized spacial score (nSPS) is 22.2. The van der Waals surface area contributed by atoms with Gasteiger partial charge in [0.2, 0.25) is 11.8 Å². The molecule has 5 N–H and O–H groups in total. The molecule has 40 heavy (non-hydrogen) atoms. The van der Waals surface area contributed by atoms with Gasteiger partial charge in [-0.25, -0.2) is 0 Å². The molecule has 2 unspecified atom stereocenters. The van der Waals surface area contributed by atoms with Crippen molar-refractivity contribution < 1.29 is 19.8 Å². The van der Waals surface area contributed by atoms with Gasteiger partial charge in [-0.15, -0.1) is 0 Å². The number of benzene rings is 1. The van der Waals surface area contributed by atoms with E-state index in [0.717, 1.165) is 35.7 Å². The summed E-state index contributed by atoms with van der Waals surface area (Å²) in [5.41, 5.74) is 3.67. The fourth-order valence-corrected chi connectivity index (χ4v) is 5.72. The van der Waals surface area contributed by atoms with E-state index in [-0.39, 0.29) is 17.7 Å². The molecule has 0 spiro atoms. The molecule has 0 radical (unpaired) electrons. The number of carbonyl (C=O) groups excluding carboxylic acids is 2. The lowest BCUT2D eigenvalue weighted by molar-refractivity contribution is -0.125. The highest BCUT2D eigenvalue weighted by atomic mass is 16.3. The predicted molar refractivity (Wildman–Crippen MR) is 156 cm³/mol. The zero-order valence-electron chi connectivity index (χ0n) is 24.0. The minimum Gasteiger partial charge on any atom is -0.392 e. The Bertz CT molecular complexity index is 1140. The summed E-state index contributed by atoms with van der Waals surface area (Å²) in [7, 11) is 0. The van der Waals surface area contributed by atoms with Crippen LogP contribution in [0.2, 0.25) is 0 Å². The molecule has 5 atom stereocenters. The van der Waals surface area contributed by atoms with E-state index in [1.54, 1.807) is 11.1 Å². The van der Waals surface area contributed by atoms with E-state index in [1.165, 1.54) is 0 Å². The molecule has 2 amide bonds. The van der Waals surface area contributed by atoms with Crippen molar-refractivity contribution in [1.82, 2.24) is 20.9 Å². The molecule has 3 heterocycles. The van der Waals surface area contributed by atoms with E-state index in [1.807, 2.05) is 44.2 Å². The molecule has 2 aromatic rings. The van der Waals surface area contributed by atoms with Crippen LogP contribution in [0.5, 0.6) is 0 Å². The van der Waals surface area contributed by atoms with Crippen molar-refractivity contribution in [2.45, 2.75) is 84.0 Å². The summed E-state index contributed by atoms with van der Waals surface area (Å²) >= 11 is 0. The van der Waals surface area contributed by atoms with Gasteiger partial charge in [0.1, 0.15) is 6.23 Å². The van der Waals surface area contributed by atoms with Gasteiger partial charge >= 0.3 is 0 Å². The number of hydrogen-bond acceptors (Lipinski definition) is 8. The van der Waals surface area contributed by atoms with E-state index in [0.29, 0.717) is 32.4 Å². The molecule has 0 saturated carbocycles. The maximum absolute atomic E-state index is 14.1. The minimum atomic E-state index is -1.14. The second-order valence-corrected chi connectivity index (χ2v) is 11.2. The zero-order valence-corrected chi connectivity index (χ0v) is 24.0. The number of carbonyl (C=O) groups is 2. The Morgan fingerprint density at radius 3 is 2.60 bits per heavy atom. The molecule has 4 rings (SSSR count). The number of pyridine rings is 1. The molecule has 2 aliphatic heterocycles. The minimum absolute atomic E-state index is 0.146.